The lowest BCUT2D eigenvalue weighted by Crippen LogP contribution is -2.40. The summed E-state index contributed by atoms with van der Waals surface area (Å²) in [6, 6.07) is 5.67. The minimum absolute atomic E-state index is 0.0556. The Balaban J connectivity index is 2.13. The predicted octanol–water partition coefficient (Wildman–Crippen LogP) is 1.75. The van der Waals surface area contributed by atoms with Gasteiger partial charge in [0, 0.05) is 24.3 Å². The van der Waals surface area contributed by atoms with E-state index in [1.54, 1.807) is 29.2 Å². The maximum Gasteiger partial charge on any atom is 0.316 e. The number of amides is 3. The lowest BCUT2D eigenvalue weighted by atomic mass is 9.76. The molecule has 0 radical (unpaired) electrons. The minimum Gasteiger partial charge on any atom is -0.481 e. The molecule has 1 unspecified atom stereocenters. The van der Waals surface area contributed by atoms with Gasteiger partial charge >= 0.3 is 12.0 Å². The summed E-state index contributed by atoms with van der Waals surface area (Å²) in [6.45, 7) is 4.36. The summed E-state index contributed by atoms with van der Waals surface area (Å²) in [5.74, 6) is -1.12. The maximum absolute atomic E-state index is 12.5. The van der Waals surface area contributed by atoms with Crippen LogP contribution in [0.4, 0.5) is 10.5 Å². The van der Waals surface area contributed by atoms with Crippen LogP contribution in [-0.4, -0.2) is 41.0 Å². The molecular formula is C16H21N3O4. The summed E-state index contributed by atoms with van der Waals surface area (Å²) in [6.07, 6.45) is 0.451. The van der Waals surface area contributed by atoms with Crippen LogP contribution in [-0.2, 0) is 4.79 Å². The molecule has 0 saturated carbocycles. The molecule has 7 heteroatoms. The first-order valence-electron chi connectivity index (χ1n) is 7.45. The Hall–Kier alpha value is -2.57. The van der Waals surface area contributed by atoms with Gasteiger partial charge in [-0.05, 0) is 36.6 Å². The molecule has 1 aliphatic rings. The van der Waals surface area contributed by atoms with Gasteiger partial charge in [-0.15, -0.1) is 0 Å². The summed E-state index contributed by atoms with van der Waals surface area (Å²) in [5, 5.41) is 12.0. The van der Waals surface area contributed by atoms with E-state index in [1.165, 1.54) is 0 Å². The number of hydrogen-bond acceptors (Lipinski definition) is 3. The zero-order valence-electron chi connectivity index (χ0n) is 13.2. The van der Waals surface area contributed by atoms with Crippen molar-refractivity contribution < 1.29 is 19.5 Å². The van der Waals surface area contributed by atoms with Crippen LogP contribution < -0.4 is 11.1 Å². The molecule has 1 heterocycles. The third-order valence-electron chi connectivity index (χ3n) is 4.52. The normalized spacial score (nSPS) is 20.6. The van der Waals surface area contributed by atoms with E-state index in [1.807, 2.05) is 13.8 Å². The fourth-order valence-electron chi connectivity index (χ4n) is 2.92. The number of primary amides is 1. The molecule has 0 bridgehead atoms. The number of carbonyl (C=O) groups excluding carboxylic acids is 2. The summed E-state index contributed by atoms with van der Waals surface area (Å²) in [4.78, 5) is 36.5. The predicted molar refractivity (Wildman–Crippen MR) is 85.1 cm³/mol. The molecule has 1 aromatic rings. The highest BCUT2D eigenvalue weighted by Crippen LogP contribution is 2.38. The number of benzene rings is 1. The number of urea groups is 1. The van der Waals surface area contributed by atoms with Gasteiger partial charge in [0.15, 0.2) is 0 Å². The Morgan fingerprint density at radius 2 is 1.87 bits per heavy atom. The second kappa shape index (κ2) is 6.28. The van der Waals surface area contributed by atoms with Gasteiger partial charge in [0.1, 0.15) is 0 Å². The third kappa shape index (κ3) is 3.28. The van der Waals surface area contributed by atoms with E-state index in [-0.39, 0.29) is 18.4 Å². The SMILES string of the molecule is CC(C)C1(C(=O)O)CCN(C(=O)c2ccc(NC(N)=O)cc2)C1. The first kappa shape index (κ1) is 16.8. The zero-order chi connectivity index (χ0) is 17.2. The molecule has 23 heavy (non-hydrogen) atoms. The number of carboxylic acid groups (broad SMARTS) is 1. The van der Waals surface area contributed by atoms with E-state index in [9.17, 15) is 19.5 Å². The highest BCUT2D eigenvalue weighted by molar-refractivity contribution is 5.96. The van der Waals surface area contributed by atoms with Gasteiger partial charge in [0.25, 0.3) is 5.91 Å². The van der Waals surface area contributed by atoms with Gasteiger partial charge in [-0.2, -0.15) is 0 Å². The van der Waals surface area contributed by atoms with Crippen LogP contribution >= 0.6 is 0 Å². The first-order valence-corrected chi connectivity index (χ1v) is 7.45. The molecule has 124 valence electrons. The Labute approximate surface area is 134 Å². The Morgan fingerprint density at radius 1 is 1.26 bits per heavy atom. The quantitative estimate of drug-likeness (QED) is 0.784. The average Bonchev–Trinajstić information content (AvgIpc) is 2.93. The van der Waals surface area contributed by atoms with Crippen LogP contribution in [0.15, 0.2) is 24.3 Å². The van der Waals surface area contributed by atoms with E-state index >= 15 is 0 Å². The number of nitrogens with two attached hydrogens (primary N) is 1. The number of rotatable bonds is 4. The van der Waals surface area contributed by atoms with Gasteiger partial charge in [-0.1, -0.05) is 13.8 Å². The van der Waals surface area contributed by atoms with E-state index in [4.69, 9.17) is 5.73 Å². The molecule has 7 nitrogen and oxygen atoms in total. The standard InChI is InChI=1S/C16H21N3O4/c1-10(2)16(14(21)22)7-8-19(9-16)13(20)11-3-5-12(6-4-11)18-15(17)23/h3-6,10H,7-9H2,1-2H3,(H,21,22)(H3,17,18,23). The number of carbonyl (C=O) groups is 3. The Kier molecular flexibility index (Phi) is 4.58. The summed E-state index contributed by atoms with van der Waals surface area (Å²) >= 11 is 0. The molecule has 1 aromatic carbocycles. The van der Waals surface area contributed by atoms with Crippen molar-refractivity contribution in [1.82, 2.24) is 4.90 Å². The molecule has 1 atom stereocenters. The molecule has 4 N–H and O–H groups in total. The van der Waals surface area contributed by atoms with Gasteiger partial charge in [0.05, 0.1) is 5.41 Å². The van der Waals surface area contributed by atoms with Crippen molar-refractivity contribution in [3.8, 4) is 0 Å². The molecule has 2 rings (SSSR count). The lowest BCUT2D eigenvalue weighted by Gasteiger charge is -2.28. The molecule has 1 saturated heterocycles. The fraction of sp³-hybridized carbons (Fsp3) is 0.438. The smallest absolute Gasteiger partial charge is 0.316 e. The van der Waals surface area contributed by atoms with Gasteiger partial charge in [0.2, 0.25) is 0 Å². The van der Waals surface area contributed by atoms with Gasteiger partial charge in [-0.25, -0.2) is 4.79 Å². The number of hydrogen-bond donors (Lipinski definition) is 3. The summed E-state index contributed by atoms with van der Waals surface area (Å²) < 4.78 is 0. The summed E-state index contributed by atoms with van der Waals surface area (Å²) in [5.41, 5.74) is 5.09. The molecular weight excluding hydrogens is 298 g/mol. The zero-order valence-corrected chi connectivity index (χ0v) is 13.2. The fourth-order valence-corrected chi connectivity index (χ4v) is 2.92. The number of likely N-dealkylation sites (tertiary alicyclic amines) is 1. The highest BCUT2D eigenvalue weighted by atomic mass is 16.4. The van der Waals surface area contributed by atoms with Crippen molar-refractivity contribution in [3.63, 3.8) is 0 Å². The van der Waals surface area contributed by atoms with Gasteiger partial charge < -0.3 is 21.1 Å². The van der Waals surface area contributed by atoms with Crippen LogP contribution in [0, 0.1) is 11.3 Å². The minimum atomic E-state index is -0.886. The van der Waals surface area contributed by atoms with Crippen molar-refractivity contribution in [2.24, 2.45) is 17.1 Å². The third-order valence-corrected chi connectivity index (χ3v) is 4.52. The summed E-state index contributed by atoms with van der Waals surface area (Å²) in [7, 11) is 0. The first-order chi connectivity index (χ1) is 10.8. The van der Waals surface area contributed by atoms with E-state index in [0.717, 1.165) is 0 Å². The van der Waals surface area contributed by atoms with Crippen LogP contribution in [0.5, 0.6) is 0 Å². The van der Waals surface area contributed by atoms with Crippen molar-refractivity contribution in [2.45, 2.75) is 20.3 Å². The number of carboxylic acids is 1. The van der Waals surface area contributed by atoms with Crippen LogP contribution in [0.3, 0.4) is 0 Å². The Morgan fingerprint density at radius 3 is 2.30 bits per heavy atom. The van der Waals surface area contributed by atoms with Gasteiger partial charge in [-0.3, -0.25) is 9.59 Å². The van der Waals surface area contributed by atoms with Crippen LogP contribution in [0.2, 0.25) is 0 Å². The number of aliphatic carboxylic acids is 1. The largest absolute Gasteiger partial charge is 0.481 e. The topological polar surface area (TPSA) is 113 Å². The van der Waals surface area contributed by atoms with Crippen LogP contribution in [0.25, 0.3) is 0 Å². The second-order valence-corrected chi connectivity index (χ2v) is 6.16. The van der Waals surface area contributed by atoms with E-state index < -0.39 is 17.4 Å². The molecule has 1 aliphatic heterocycles. The molecule has 3 amide bonds. The highest BCUT2D eigenvalue weighted by Gasteiger charge is 2.48. The van der Waals surface area contributed by atoms with Crippen LogP contribution in [0.1, 0.15) is 30.6 Å². The number of nitrogens with zero attached hydrogens (tertiary/aromatic N) is 1. The Bertz CT molecular complexity index is 627. The van der Waals surface area contributed by atoms with Crippen molar-refractivity contribution in [1.29, 1.82) is 0 Å². The molecule has 1 fully saturated rings. The van der Waals surface area contributed by atoms with E-state index in [0.29, 0.717) is 24.2 Å². The average molecular weight is 319 g/mol. The monoisotopic (exact) mass is 319 g/mol. The second-order valence-electron chi connectivity index (χ2n) is 6.16. The lowest BCUT2D eigenvalue weighted by molar-refractivity contribution is -0.150. The van der Waals surface area contributed by atoms with E-state index in [2.05, 4.69) is 5.32 Å². The molecule has 0 aromatic heterocycles. The van der Waals surface area contributed by atoms with Crippen molar-refractivity contribution >= 4 is 23.6 Å². The number of anilines is 1. The van der Waals surface area contributed by atoms with Crippen molar-refractivity contribution in [2.75, 3.05) is 18.4 Å². The maximum atomic E-state index is 12.5. The number of nitrogens with one attached hydrogen (secondary N) is 1. The molecule has 0 spiro atoms. The van der Waals surface area contributed by atoms with Crippen molar-refractivity contribution in [3.05, 3.63) is 29.8 Å². The molecule has 0 aliphatic carbocycles.